The number of nitrogens with one attached hydrogen (secondary N) is 1. The van der Waals surface area contributed by atoms with Gasteiger partial charge in [0.15, 0.2) is 0 Å². The summed E-state index contributed by atoms with van der Waals surface area (Å²) in [5, 5.41) is 17.4. The SMILES string of the molecule is Oc1ccc(CNc2nnc(C(F)(F)F)s2)cc1. The quantitative estimate of drug-likeness (QED) is 0.904. The predicted octanol–water partition coefficient (Wildman–Crippen LogP) is 2.87. The van der Waals surface area contributed by atoms with Gasteiger partial charge in [0.25, 0.3) is 0 Å². The minimum atomic E-state index is -4.46. The van der Waals surface area contributed by atoms with Crippen LogP contribution in [0.2, 0.25) is 0 Å². The summed E-state index contributed by atoms with van der Waals surface area (Å²) in [6.07, 6.45) is -4.46. The minimum Gasteiger partial charge on any atom is -0.508 e. The van der Waals surface area contributed by atoms with Crippen molar-refractivity contribution < 1.29 is 18.3 Å². The minimum absolute atomic E-state index is 0.107. The Hall–Kier alpha value is -1.83. The van der Waals surface area contributed by atoms with Crippen molar-refractivity contribution in [1.82, 2.24) is 10.2 Å². The molecule has 0 saturated heterocycles. The van der Waals surface area contributed by atoms with Gasteiger partial charge in [-0.05, 0) is 17.7 Å². The second-order valence-electron chi connectivity index (χ2n) is 3.43. The Bertz CT molecular complexity index is 524. The van der Waals surface area contributed by atoms with Gasteiger partial charge in [-0.25, -0.2) is 0 Å². The maximum atomic E-state index is 12.3. The number of hydrogen-bond donors (Lipinski definition) is 2. The summed E-state index contributed by atoms with van der Waals surface area (Å²) in [5.74, 6) is 0.133. The molecule has 0 amide bonds. The maximum Gasteiger partial charge on any atom is 0.445 e. The Morgan fingerprint density at radius 3 is 2.39 bits per heavy atom. The summed E-state index contributed by atoms with van der Waals surface area (Å²) in [7, 11) is 0. The average Bonchev–Trinajstić information content (AvgIpc) is 2.77. The standard InChI is InChI=1S/C10H8F3N3OS/c11-10(12,13)8-15-16-9(18-8)14-5-6-1-3-7(17)4-2-6/h1-4,17H,5H2,(H,14,16). The van der Waals surface area contributed by atoms with E-state index in [2.05, 4.69) is 15.5 Å². The third kappa shape index (κ3) is 3.10. The molecule has 2 rings (SSSR count). The Balaban J connectivity index is 1.98. The summed E-state index contributed by atoms with van der Waals surface area (Å²) in [4.78, 5) is 0. The van der Waals surface area contributed by atoms with E-state index in [0.29, 0.717) is 17.9 Å². The van der Waals surface area contributed by atoms with Gasteiger partial charge in [-0.1, -0.05) is 23.5 Å². The van der Waals surface area contributed by atoms with Crippen LogP contribution in [0, 0.1) is 0 Å². The number of nitrogens with zero attached hydrogens (tertiary/aromatic N) is 2. The van der Waals surface area contributed by atoms with Crippen molar-refractivity contribution in [2.45, 2.75) is 12.7 Å². The third-order valence-corrected chi connectivity index (χ3v) is 2.97. The van der Waals surface area contributed by atoms with Crippen LogP contribution in [-0.2, 0) is 12.7 Å². The number of benzene rings is 1. The van der Waals surface area contributed by atoms with E-state index in [4.69, 9.17) is 5.11 Å². The van der Waals surface area contributed by atoms with E-state index < -0.39 is 11.2 Å². The van der Waals surface area contributed by atoms with Gasteiger partial charge in [-0.2, -0.15) is 13.2 Å². The Morgan fingerprint density at radius 1 is 1.17 bits per heavy atom. The fourth-order valence-electron chi connectivity index (χ4n) is 1.20. The van der Waals surface area contributed by atoms with Crippen molar-refractivity contribution in [2.24, 2.45) is 0 Å². The number of hydrogen-bond acceptors (Lipinski definition) is 5. The Morgan fingerprint density at radius 2 is 1.83 bits per heavy atom. The van der Waals surface area contributed by atoms with Crippen molar-refractivity contribution in [3.05, 3.63) is 34.8 Å². The maximum absolute atomic E-state index is 12.3. The van der Waals surface area contributed by atoms with E-state index in [-0.39, 0.29) is 10.9 Å². The topological polar surface area (TPSA) is 58.0 Å². The van der Waals surface area contributed by atoms with Gasteiger partial charge in [-0.3, -0.25) is 0 Å². The molecule has 0 saturated carbocycles. The van der Waals surface area contributed by atoms with Crippen molar-refractivity contribution in [3.8, 4) is 5.75 Å². The largest absolute Gasteiger partial charge is 0.508 e. The van der Waals surface area contributed by atoms with Crippen LogP contribution in [0.15, 0.2) is 24.3 Å². The van der Waals surface area contributed by atoms with Gasteiger partial charge in [0.2, 0.25) is 10.1 Å². The first-order valence-electron chi connectivity index (χ1n) is 4.87. The lowest BCUT2D eigenvalue weighted by Gasteiger charge is -2.02. The highest BCUT2D eigenvalue weighted by Crippen LogP contribution is 2.33. The zero-order valence-corrected chi connectivity index (χ0v) is 9.72. The first kappa shape index (κ1) is 12.6. The van der Waals surface area contributed by atoms with Crippen LogP contribution < -0.4 is 5.32 Å². The molecular formula is C10H8F3N3OS. The molecule has 2 aromatic rings. The molecule has 0 unspecified atom stereocenters. The second-order valence-corrected chi connectivity index (χ2v) is 4.41. The van der Waals surface area contributed by atoms with Crippen LogP contribution in [0.5, 0.6) is 5.75 Å². The van der Waals surface area contributed by atoms with E-state index in [9.17, 15) is 13.2 Å². The molecule has 1 heterocycles. The molecule has 0 fully saturated rings. The van der Waals surface area contributed by atoms with Crippen molar-refractivity contribution in [3.63, 3.8) is 0 Å². The van der Waals surface area contributed by atoms with Crippen LogP contribution in [-0.4, -0.2) is 15.3 Å². The molecule has 18 heavy (non-hydrogen) atoms. The number of aromatic hydroxyl groups is 1. The van der Waals surface area contributed by atoms with E-state index >= 15 is 0 Å². The van der Waals surface area contributed by atoms with Crippen molar-refractivity contribution in [2.75, 3.05) is 5.32 Å². The first-order chi connectivity index (χ1) is 8.45. The summed E-state index contributed by atoms with van der Waals surface area (Å²) < 4.78 is 36.8. The molecule has 96 valence electrons. The molecule has 0 bridgehead atoms. The fourth-order valence-corrected chi connectivity index (χ4v) is 1.81. The van der Waals surface area contributed by atoms with Gasteiger partial charge in [0, 0.05) is 6.54 Å². The molecule has 0 spiro atoms. The summed E-state index contributed by atoms with van der Waals surface area (Å²) in [5.41, 5.74) is 0.816. The van der Waals surface area contributed by atoms with Crippen LogP contribution in [0.25, 0.3) is 0 Å². The molecular weight excluding hydrogens is 267 g/mol. The van der Waals surface area contributed by atoms with Crippen molar-refractivity contribution >= 4 is 16.5 Å². The molecule has 8 heteroatoms. The highest BCUT2D eigenvalue weighted by atomic mass is 32.1. The first-order valence-corrected chi connectivity index (χ1v) is 5.69. The number of anilines is 1. The average molecular weight is 275 g/mol. The van der Waals surface area contributed by atoms with E-state index in [1.165, 1.54) is 12.1 Å². The molecule has 0 radical (unpaired) electrons. The Labute approximate surface area is 104 Å². The monoisotopic (exact) mass is 275 g/mol. The molecule has 2 N–H and O–H groups in total. The summed E-state index contributed by atoms with van der Waals surface area (Å²) in [6.45, 7) is 0.312. The van der Waals surface area contributed by atoms with Crippen LogP contribution in [0.4, 0.5) is 18.3 Å². The van der Waals surface area contributed by atoms with Crippen LogP contribution in [0.3, 0.4) is 0 Å². The molecule has 0 aliphatic rings. The molecule has 1 aromatic carbocycles. The van der Waals surface area contributed by atoms with Crippen LogP contribution in [0.1, 0.15) is 10.6 Å². The zero-order chi connectivity index (χ0) is 13.2. The second kappa shape index (κ2) is 4.81. The third-order valence-electron chi connectivity index (χ3n) is 2.05. The van der Waals surface area contributed by atoms with Gasteiger partial charge in [-0.15, -0.1) is 10.2 Å². The smallest absolute Gasteiger partial charge is 0.445 e. The molecule has 4 nitrogen and oxygen atoms in total. The van der Waals surface area contributed by atoms with Crippen molar-refractivity contribution in [1.29, 1.82) is 0 Å². The molecule has 1 aromatic heterocycles. The highest BCUT2D eigenvalue weighted by molar-refractivity contribution is 7.15. The normalized spacial score (nSPS) is 11.5. The molecule has 0 aliphatic carbocycles. The number of rotatable bonds is 3. The number of phenols is 1. The number of aromatic nitrogens is 2. The van der Waals surface area contributed by atoms with Gasteiger partial charge in [0.1, 0.15) is 5.75 Å². The summed E-state index contributed by atoms with van der Waals surface area (Å²) >= 11 is 0.455. The van der Waals surface area contributed by atoms with E-state index in [0.717, 1.165) is 5.56 Å². The van der Waals surface area contributed by atoms with E-state index in [1.54, 1.807) is 12.1 Å². The van der Waals surface area contributed by atoms with E-state index in [1.807, 2.05) is 0 Å². The zero-order valence-electron chi connectivity index (χ0n) is 8.90. The Kier molecular flexibility index (Phi) is 3.37. The fraction of sp³-hybridized carbons (Fsp3) is 0.200. The highest BCUT2D eigenvalue weighted by Gasteiger charge is 2.35. The lowest BCUT2D eigenvalue weighted by atomic mass is 10.2. The van der Waals surface area contributed by atoms with Gasteiger partial charge < -0.3 is 10.4 Å². The summed E-state index contributed by atoms with van der Waals surface area (Å²) in [6, 6.07) is 6.32. The lowest BCUT2D eigenvalue weighted by Crippen LogP contribution is -2.03. The predicted molar refractivity (Wildman–Crippen MR) is 60.3 cm³/mol. The lowest BCUT2D eigenvalue weighted by molar-refractivity contribution is -0.138. The number of phenolic OH excluding ortho intramolecular Hbond substituents is 1. The number of alkyl halides is 3. The molecule has 0 aliphatic heterocycles. The number of halogens is 3. The van der Waals surface area contributed by atoms with Gasteiger partial charge in [0.05, 0.1) is 0 Å². The van der Waals surface area contributed by atoms with Crippen LogP contribution >= 0.6 is 11.3 Å². The van der Waals surface area contributed by atoms with Gasteiger partial charge >= 0.3 is 6.18 Å². The molecule has 0 atom stereocenters.